The first-order valence-electron chi connectivity index (χ1n) is 19.9. The SMILES string of the molecule is COCOc1c(OC)c(C)cc2c1[C@@H]1[C@@H]3Cc4c(OC(C)=O)c(C)c5c(c4[C@H](CNC(=O)Cc4ccc(O[Si](C)(C)C(C)(C)C)cc4)N3[C@@H](C#N)[C@H](C2)N1C)OCO5. The number of hydrogen-bond donors (Lipinski definition) is 1. The van der Waals surface area contributed by atoms with Crippen molar-refractivity contribution in [2.75, 3.05) is 41.4 Å². The summed E-state index contributed by atoms with van der Waals surface area (Å²) < 4.78 is 42.4. The molecular weight excluding hydrogens is 757 g/mol. The molecule has 310 valence electrons. The second-order valence-electron chi connectivity index (χ2n) is 17.4. The Balaban J connectivity index is 1.30. The van der Waals surface area contributed by atoms with Crippen LogP contribution in [0.3, 0.4) is 0 Å². The highest BCUT2D eigenvalue weighted by atomic mass is 28.4. The summed E-state index contributed by atoms with van der Waals surface area (Å²) in [6.45, 7) is 16.4. The molecule has 1 N–H and O–H groups in total. The minimum absolute atomic E-state index is 0.00777. The molecule has 0 spiro atoms. The van der Waals surface area contributed by atoms with Gasteiger partial charge in [0, 0.05) is 54.9 Å². The average Bonchev–Trinajstić information content (AvgIpc) is 3.65. The first kappa shape index (κ1) is 41.4. The first-order valence-corrected chi connectivity index (χ1v) is 22.8. The van der Waals surface area contributed by atoms with Crippen LogP contribution in [0.2, 0.25) is 18.1 Å². The lowest BCUT2D eigenvalue weighted by molar-refractivity contribution is -0.132. The third-order valence-electron chi connectivity index (χ3n) is 12.8. The van der Waals surface area contributed by atoms with Gasteiger partial charge >= 0.3 is 5.97 Å². The number of nitriles is 1. The number of nitrogens with zero attached hydrogens (tertiary/aromatic N) is 3. The van der Waals surface area contributed by atoms with E-state index >= 15 is 0 Å². The normalized spacial score (nSPS) is 22.2. The van der Waals surface area contributed by atoms with E-state index in [0.29, 0.717) is 47.2 Å². The molecule has 4 aliphatic heterocycles. The van der Waals surface area contributed by atoms with Gasteiger partial charge in [0.25, 0.3) is 0 Å². The van der Waals surface area contributed by atoms with Crippen molar-refractivity contribution < 1.29 is 42.4 Å². The molecule has 0 radical (unpaired) electrons. The van der Waals surface area contributed by atoms with Gasteiger partial charge in [0.15, 0.2) is 29.8 Å². The molecule has 1 fully saturated rings. The highest BCUT2D eigenvalue weighted by Crippen LogP contribution is 2.58. The third kappa shape index (κ3) is 7.16. The fourth-order valence-electron chi connectivity index (χ4n) is 9.13. The molecule has 1 saturated heterocycles. The molecule has 5 atom stereocenters. The van der Waals surface area contributed by atoms with Crippen LogP contribution in [0.4, 0.5) is 0 Å². The summed E-state index contributed by atoms with van der Waals surface area (Å²) in [5.41, 5.74) is 6.00. The molecule has 0 unspecified atom stereocenters. The predicted molar refractivity (Wildman–Crippen MR) is 219 cm³/mol. The summed E-state index contributed by atoms with van der Waals surface area (Å²) in [7, 11) is 3.24. The van der Waals surface area contributed by atoms with Crippen molar-refractivity contribution >= 4 is 20.2 Å². The van der Waals surface area contributed by atoms with Crippen molar-refractivity contribution in [1.29, 1.82) is 5.26 Å². The first-order chi connectivity index (χ1) is 27.5. The number of aryl methyl sites for hydroxylation is 1. The molecule has 3 aromatic carbocycles. The topological polar surface area (TPSA) is 141 Å². The molecule has 3 aromatic rings. The van der Waals surface area contributed by atoms with Gasteiger partial charge in [-0.05, 0) is 80.7 Å². The molecule has 4 heterocycles. The maximum Gasteiger partial charge on any atom is 0.308 e. The number of carbonyl (C=O) groups is 2. The Morgan fingerprint density at radius 3 is 2.34 bits per heavy atom. The summed E-state index contributed by atoms with van der Waals surface area (Å²) in [5, 5.41) is 14.4. The molecule has 14 heteroatoms. The van der Waals surface area contributed by atoms with Crippen molar-refractivity contribution in [3.8, 4) is 40.6 Å². The van der Waals surface area contributed by atoms with Crippen LogP contribution in [0.5, 0.6) is 34.5 Å². The van der Waals surface area contributed by atoms with E-state index in [1.54, 1.807) is 14.2 Å². The second kappa shape index (κ2) is 15.7. The number of likely N-dealkylation sites (N-methyl/N-ethyl adjacent to an activating group) is 1. The van der Waals surface area contributed by atoms with Crippen LogP contribution in [0, 0.1) is 25.2 Å². The van der Waals surface area contributed by atoms with Crippen molar-refractivity contribution in [2.45, 2.75) is 109 Å². The van der Waals surface area contributed by atoms with Crippen molar-refractivity contribution in [2.24, 2.45) is 0 Å². The van der Waals surface area contributed by atoms with Gasteiger partial charge in [-0.2, -0.15) is 5.26 Å². The number of hydrogen-bond acceptors (Lipinski definition) is 12. The van der Waals surface area contributed by atoms with Crippen LogP contribution < -0.4 is 33.4 Å². The van der Waals surface area contributed by atoms with E-state index in [0.717, 1.165) is 39.1 Å². The molecule has 0 aliphatic carbocycles. The molecule has 2 bridgehead atoms. The predicted octanol–water partition coefficient (Wildman–Crippen LogP) is 6.46. The third-order valence-corrected chi connectivity index (χ3v) is 17.1. The van der Waals surface area contributed by atoms with E-state index in [4.69, 9.17) is 32.8 Å². The van der Waals surface area contributed by atoms with Crippen molar-refractivity contribution in [3.05, 3.63) is 69.3 Å². The Kier molecular flexibility index (Phi) is 11.2. The number of esters is 1. The van der Waals surface area contributed by atoms with Gasteiger partial charge in [-0.15, -0.1) is 0 Å². The molecular formula is C44H56N4O9Si. The largest absolute Gasteiger partial charge is 0.544 e. The van der Waals surface area contributed by atoms with Gasteiger partial charge in [-0.1, -0.05) is 39.0 Å². The van der Waals surface area contributed by atoms with Crippen LogP contribution in [-0.2, 0) is 33.6 Å². The zero-order valence-electron chi connectivity index (χ0n) is 35.5. The maximum absolute atomic E-state index is 13.9. The van der Waals surface area contributed by atoms with E-state index in [9.17, 15) is 14.9 Å². The van der Waals surface area contributed by atoms with E-state index in [1.807, 2.05) is 38.1 Å². The Bertz CT molecular complexity index is 2140. The lowest BCUT2D eigenvalue weighted by atomic mass is 9.71. The van der Waals surface area contributed by atoms with Gasteiger partial charge in [-0.25, -0.2) is 0 Å². The summed E-state index contributed by atoms with van der Waals surface area (Å²) in [4.78, 5) is 31.1. The molecule has 58 heavy (non-hydrogen) atoms. The Hall–Kier alpha value is -4.81. The van der Waals surface area contributed by atoms with Gasteiger partial charge in [0.2, 0.25) is 21.0 Å². The van der Waals surface area contributed by atoms with Crippen molar-refractivity contribution in [3.63, 3.8) is 0 Å². The monoisotopic (exact) mass is 812 g/mol. The van der Waals surface area contributed by atoms with Gasteiger partial charge in [-0.3, -0.25) is 19.4 Å². The molecule has 7 rings (SSSR count). The smallest absolute Gasteiger partial charge is 0.308 e. The van der Waals surface area contributed by atoms with Crippen LogP contribution in [0.1, 0.15) is 78.7 Å². The molecule has 0 aromatic heterocycles. The Labute approximate surface area is 342 Å². The Morgan fingerprint density at radius 2 is 1.71 bits per heavy atom. The van der Waals surface area contributed by atoms with Crippen molar-refractivity contribution in [1.82, 2.24) is 15.1 Å². The quantitative estimate of drug-likeness (QED) is 0.0983. The van der Waals surface area contributed by atoms with Gasteiger partial charge < -0.3 is 38.2 Å². The van der Waals surface area contributed by atoms with Crippen LogP contribution >= 0.6 is 0 Å². The fraction of sp³-hybridized carbons (Fsp3) is 0.523. The highest BCUT2D eigenvalue weighted by Gasteiger charge is 2.57. The number of amides is 1. The number of nitrogens with one attached hydrogen (secondary N) is 1. The zero-order valence-corrected chi connectivity index (χ0v) is 36.5. The lowest BCUT2D eigenvalue weighted by Crippen LogP contribution is -2.68. The average molecular weight is 813 g/mol. The number of piperazine rings is 1. The standard InChI is InChI=1S/C44H56N4O9Si/c1-24-16-28-18-31-33(20-45)48-32(38(47(31)7)36(28)42(39(24)52-9)53-22-51-8)19-30-37(43-41(54-23-55-43)25(2)40(30)56-26(3)49)34(48)21-46-35(50)17-27-12-14-29(15-13-27)57-58(10,11)44(4,5)6/h12-16,31-34,38H,17-19,21-23H2,1-11H3,(H,46,50)/t31-,32-,33-,34-,38-/m0/s1. The maximum atomic E-state index is 13.9. The second-order valence-corrected chi connectivity index (χ2v) is 22.1. The minimum Gasteiger partial charge on any atom is -0.544 e. The molecule has 0 saturated carbocycles. The van der Waals surface area contributed by atoms with Crippen LogP contribution in [0.15, 0.2) is 30.3 Å². The summed E-state index contributed by atoms with van der Waals surface area (Å²) in [6.07, 6.45) is 1.14. The van der Waals surface area contributed by atoms with E-state index in [2.05, 4.69) is 68.2 Å². The summed E-state index contributed by atoms with van der Waals surface area (Å²) in [6, 6.07) is 10.6. The van der Waals surface area contributed by atoms with Crippen LogP contribution in [0.25, 0.3) is 0 Å². The number of ether oxygens (including phenoxy) is 6. The summed E-state index contributed by atoms with van der Waals surface area (Å²) in [5.74, 6) is 2.82. The molecule has 13 nitrogen and oxygen atoms in total. The number of fused-ring (bicyclic) bond motifs is 9. The van der Waals surface area contributed by atoms with E-state index < -0.39 is 26.4 Å². The number of methoxy groups -OCH3 is 2. The Morgan fingerprint density at radius 1 is 1.00 bits per heavy atom. The van der Waals surface area contributed by atoms with E-state index in [1.165, 1.54) is 6.92 Å². The minimum atomic E-state index is -2.03. The molecule has 4 aliphatic rings. The highest BCUT2D eigenvalue weighted by molar-refractivity contribution is 6.74. The van der Waals surface area contributed by atoms with Gasteiger partial charge in [0.1, 0.15) is 17.5 Å². The number of rotatable bonds is 11. The fourth-order valence-corrected chi connectivity index (χ4v) is 10.2. The van der Waals surface area contributed by atoms with Crippen LogP contribution in [-0.4, -0.2) is 89.5 Å². The van der Waals surface area contributed by atoms with Gasteiger partial charge in [0.05, 0.1) is 31.7 Å². The number of carbonyl (C=O) groups excluding carboxylic acids is 2. The van der Waals surface area contributed by atoms with E-state index in [-0.39, 0.29) is 55.6 Å². The zero-order chi connectivity index (χ0) is 41.8. The molecule has 1 amide bonds. The lowest BCUT2D eigenvalue weighted by Gasteiger charge is -2.60. The number of benzene rings is 3. The summed E-state index contributed by atoms with van der Waals surface area (Å²) >= 11 is 0.